The topological polar surface area (TPSA) is 153 Å². The number of nitrogens with one attached hydrogen (secondary N) is 1. The molecule has 0 aliphatic carbocycles. The molecule has 3 heterocycles. The molecule has 4 rings (SSSR count). The van der Waals surface area contributed by atoms with Crippen LogP contribution in [0.2, 0.25) is 0 Å². The smallest absolute Gasteiger partial charge is 0.280 e. The van der Waals surface area contributed by atoms with E-state index < -0.39 is 15.7 Å². The predicted molar refractivity (Wildman–Crippen MR) is 148 cm³/mol. The van der Waals surface area contributed by atoms with Crippen molar-refractivity contribution in [2.45, 2.75) is 23.8 Å². The third-order valence-corrected chi connectivity index (χ3v) is 8.63. The van der Waals surface area contributed by atoms with Crippen molar-refractivity contribution < 1.29 is 32.6 Å². The molecule has 14 heteroatoms. The zero-order chi connectivity index (χ0) is 27.8. The third-order valence-electron chi connectivity index (χ3n) is 5.93. The largest absolute Gasteiger partial charge is 0.395 e. The Balaban J connectivity index is 1.55. The highest BCUT2D eigenvalue weighted by Crippen LogP contribution is 2.27. The Kier molecular flexibility index (Phi) is 9.80. The number of aliphatic hydroxyl groups excluding tert-OH is 1. The van der Waals surface area contributed by atoms with Crippen molar-refractivity contribution in [1.82, 2.24) is 9.97 Å². The van der Waals surface area contributed by atoms with Gasteiger partial charge in [-0.05, 0) is 30.7 Å². The molecule has 0 radical (unpaired) electrons. The maximum Gasteiger partial charge on any atom is 0.280 e. The zero-order valence-electron chi connectivity index (χ0n) is 21.7. The zero-order valence-corrected chi connectivity index (χ0v) is 23.3. The number of carbonyl (C=O) groups is 1. The van der Waals surface area contributed by atoms with Crippen LogP contribution < -0.4 is 10.2 Å². The standard InChI is InChI=1S/C25H31N5O7S2/c1-30(11-12-31)21-9-8-20-24(27-21)38-25(26-20)28-23(32)22(29-37-18-10-14-36-16-18)17-4-6-19(7-5-17)39(33,34)15-3-13-35-2/h4-9,18,31H,3,10-16H2,1-2H3,(H,26,28,32)/t18-/m1/s1. The van der Waals surface area contributed by atoms with Crippen molar-refractivity contribution in [2.24, 2.45) is 5.16 Å². The quantitative estimate of drug-likeness (QED) is 0.175. The number of pyridine rings is 1. The lowest BCUT2D eigenvalue weighted by Crippen LogP contribution is -2.25. The second kappa shape index (κ2) is 13.3. The van der Waals surface area contributed by atoms with Gasteiger partial charge in [-0.3, -0.25) is 10.1 Å². The number of aromatic nitrogens is 2. The number of carbonyl (C=O) groups excluding carboxylic acids is 1. The van der Waals surface area contributed by atoms with Crippen LogP contribution in [0.5, 0.6) is 0 Å². The van der Waals surface area contributed by atoms with Crippen molar-refractivity contribution in [3.63, 3.8) is 0 Å². The molecule has 1 aromatic carbocycles. The second-order valence-corrected chi connectivity index (χ2v) is 11.9. The number of likely N-dealkylation sites (N-methyl/N-ethyl adjacent to an activating group) is 1. The predicted octanol–water partition coefficient (Wildman–Crippen LogP) is 2.08. The van der Waals surface area contributed by atoms with Gasteiger partial charge in [0.1, 0.15) is 16.2 Å². The molecule has 2 aromatic heterocycles. The second-order valence-electron chi connectivity index (χ2n) is 8.83. The lowest BCUT2D eigenvalue weighted by Gasteiger charge is -2.15. The summed E-state index contributed by atoms with van der Waals surface area (Å²) in [4.78, 5) is 30.5. The van der Waals surface area contributed by atoms with E-state index in [-0.39, 0.29) is 29.1 Å². The minimum Gasteiger partial charge on any atom is -0.395 e. The van der Waals surface area contributed by atoms with Gasteiger partial charge in [-0.15, -0.1) is 0 Å². The van der Waals surface area contributed by atoms with E-state index in [1.54, 1.807) is 12.1 Å². The molecule has 39 heavy (non-hydrogen) atoms. The third kappa shape index (κ3) is 7.48. The molecule has 1 amide bonds. The van der Waals surface area contributed by atoms with Crippen molar-refractivity contribution in [1.29, 1.82) is 0 Å². The number of methoxy groups -OCH3 is 1. The van der Waals surface area contributed by atoms with E-state index in [4.69, 9.17) is 14.3 Å². The molecule has 0 spiro atoms. The highest BCUT2D eigenvalue weighted by molar-refractivity contribution is 7.91. The average molecular weight is 578 g/mol. The van der Waals surface area contributed by atoms with Crippen LogP contribution in [-0.4, -0.2) is 94.1 Å². The number of sulfone groups is 1. The van der Waals surface area contributed by atoms with E-state index in [1.165, 1.54) is 42.7 Å². The van der Waals surface area contributed by atoms with Gasteiger partial charge >= 0.3 is 0 Å². The normalized spacial score (nSPS) is 16.0. The lowest BCUT2D eigenvalue weighted by molar-refractivity contribution is -0.110. The van der Waals surface area contributed by atoms with Crippen LogP contribution in [0.1, 0.15) is 18.4 Å². The van der Waals surface area contributed by atoms with Crippen LogP contribution >= 0.6 is 11.3 Å². The molecular weight excluding hydrogens is 546 g/mol. The number of hydrogen-bond donors (Lipinski definition) is 2. The molecule has 0 saturated carbocycles. The molecule has 0 unspecified atom stereocenters. The highest BCUT2D eigenvalue weighted by Gasteiger charge is 2.22. The molecule has 12 nitrogen and oxygen atoms in total. The van der Waals surface area contributed by atoms with Crippen LogP contribution in [-0.2, 0) is 28.9 Å². The summed E-state index contributed by atoms with van der Waals surface area (Å²) >= 11 is 1.20. The number of anilines is 2. The summed E-state index contributed by atoms with van der Waals surface area (Å²) < 4.78 is 35.5. The van der Waals surface area contributed by atoms with Gasteiger partial charge in [0.15, 0.2) is 26.8 Å². The lowest BCUT2D eigenvalue weighted by atomic mass is 10.1. The number of amides is 1. The fourth-order valence-electron chi connectivity index (χ4n) is 3.77. The summed E-state index contributed by atoms with van der Waals surface area (Å²) in [5, 5.41) is 16.4. The van der Waals surface area contributed by atoms with Crippen LogP contribution in [0.25, 0.3) is 10.3 Å². The Hall–Kier alpha value is -3.17. The van der Waals surface area contributed by atoms with Crippen LogP contribution in [0.15, 0.2) is 46.4 Å². The number of ether oxygens (including phenoxy) is 2. The number of oxime groups is 1. The number of nitrogens with zero attached hydrogens (tertiary/aromatic N) is 4. The first-order valence-corrected chi connectivity index (χ1v) is 14.8. The number of rotatable bonds is 13. The molecule has 2 N–H and O–H groups in total. The van der Waals surface area contributed by atoms with Gasteiger partial charge in [0.2, 0.25) is 0 Å². The Bertz CT molecular complexity index is 1400. The van der Waals surface area contributed by atoms with E-state index in [0.717, 1.165) is 0 Å². The van der Waals surface area contributed by atoms with Crippen molar-refractivity contribution in [3.05, 3.63) is 42.0 Å². The van der Waals surface area contributed by atoms with Crippen LogP contribution in [0, 0.1) is 0 Å². The summed E-state index contributed by atoms with van der Waals surface area (Å²) in [6.07, 6.45) is 0.742. The summed E-state index contributed by atoms with van der Waals surface area (Å²) in [5.41, 5.74) is 0.965. The summed E-state index contributed by atoms with van der Waals surface area (Å²) in [5.74, 6) is 0.0568. The Labute approximate surface area is 230 Å². The first-order valence-electron chi connectivity index (χ1n) is 12.4. The molecule has 1 saturated heterocycles. The average Bonchev–Trinajstić information content (AvgIpc) is 3.58. The van der Waals surface area contributed by atoms with Gasteiger partial charge in [-0.2, -0.15) is 0 Å². The highest BCUT2D eigenvalue weighted by atomic mass is 32.2. The molecule has 210 valence electrons. The monoisotopic (exact) mass is 577 g/mol. The number of aliphatic hydroxyl groups is 1. The van der Waals surface area contributed by atoms with Crippen LogP contribution in [0.4, 0.5) is 10.9 Å². The Morgan fingerprint density at radius 2 is 2.05 bits per heavy atom. The number of fused-ring (bicyclic) bond motifs is 1. The van der Waals surface area contributed by atoms with Gasteiger partial charge in [0.25, 0.3) is 5.91 Å². The summed E-state index contributed by atoms with van der Waals surface area (Å²) in [7, 11) is -0.156. The van der Waals surface area contributed by atoms with Crippen molar-refractivity contribution in [3.8, 4) is 0 Å². The van der Waals surface area contributed by atoms with Gasteiger partial charge < -0.3 is 24.3 Å². The van der Waals surface area contributed by atoms with E-state index >= 15 is 0 Å². The molecule has 1 fully saturated rings. The summed E-state index contributed by atoms with van der Waals surface area (Å²) in [6, 6.07) is 9.54. The summed E-state index contributed by atoms with van der Waals surface area (Å²) in [6.45, 7) is 1.69. The Morgan fingerprint density at radius 1 is 1.26 bits per heavy atom. The molecule has 3 aromatic rings. The molecule has 0 bridgehead atoms. The number of benzene rings is 1. The van der Waals surface area contributed by atoms with E-state index in [1.807, 2.05) is 11.9 Å². The first-order chi connectivity index (χ1) is 18.8. The molecule has 1 aliphatic rings. The maximum absolute atomic E-state index is 13.3. The molecule has 1 aliphatic heterocycles. The van der Waals surface area contributed by atoms with Crippen LogP contribution in [0.3, 0.4) is 0 Å². The molecular formula is C25H31N5O7S2. The minimum atomic E-state index is -3.50. The van der Waals surface area contributed by atoms with Gasteiger partial charge in [-0.25, -0.2) is 18.4 Å². The fraction of sp³-hybridized carbons (Fsp3) is 0.440. The van der Waals surface area contributed by atoms with Crippen molar-refractivity contribution in [2.75, 3.05) is 63.1 Å². The van der Waals surface area contributed by atoms with E-state index in [2.05, 4.69) is 20.4 Å². The number of hydrogen-bond acceptors (Lipinski definition) is 12. The number of thiazole rings is 1. The fourth-order valence-corrected chi connectivity index (χ4v) is 5.89. The maximum atomic E-state index is 13.3. The molecule has 1 atom stereocenters. The van der Waals surface area contributed by atoms with E-state index in [9.17, 15) is 18.3 Å². The SMILES string of the molecule is COCCCS(=O)(=O)c1ccc(C(=NO[C@@H]2CCOC2)C(=O)Nc2nc3ccc(N(C)CCO)nc3s2)cc1. The Morgan fingerprint density at radius 3 is 2.74 bits per heavy atom. The van der Waals surface area contributed by atoms with E-state index in [0.29, 0.717) is 66.1 Å². The van der Waals surface area contributed by atoms with Gasteiger partial charge in [0.05, 0.1) is 30.5 Å². The first kappa shape index (κ1) is 28.8. The van der Waals surface area contributed by atoms with Gasteiger partial charge in [-0.1, -0.05) is 28.6 Å². The minimum absolute atomic E-state index is 0.00188. The van der Waals surface area contributed by atoms with Gasteiger partial charge in [0, 0.05) is 39.3 Å². The van der Waals surface area contributed by atoms with Crippen molar-refractivity contribution >= 4 is 54.1 Å².